The molecule has 1 N–H and O–H groups in total. The number of benzene rings is 1. The first-order valence-electron chi connectivity index (χ1n) is 4.82. The summed E-state index contributed by atoms with van der Waals surface area (Å²) in [6, 6.07) is 4.61. The highest BCUT2D eigenvalue weighted by atomic mass is 32.2. The first-order valence-corrected chi connectivity index (χ1v) is 6.22. The van der Waals surface area contributed by atoms with Gasteiger partial charge in [-0.25, -0.2) is 4.39 Å². The van der Waals surface area contributed by atoms with Crippen LogP contribution >= 0.6 is 11.8 Å². The van der Waals surface area contributed by atoms with Gasteiger partial charge in [-0.2, -0.15) is 11.8 Å². The predicted molar refractivity (Wildman–Crippen MR) is 63.0 cm³/mol. The van der Waals surface area contributed by atoms with E-state index in [1.54, 1.807) is 17.8 Å². The fraction of sp³-hybridized carbons (Fsp3) is 0.455. The molecular weight excluding hydrogens is 213 g/mol. The smallest absolute Gasteiger partial charge is 0.124 e. The van der Waals surface area contributed by atoms with Crippen molar-refractivity contribution in [3.8, 4) is 5.75 Å². The Bertz CT molecular complexity index is 307. The van der Waals surface area contributed by atoms with E-state index < -0.39 is 0 Å². The van der Waals surface area contributed by atoms with Gasteiger partial charge < -0.3 is 10.1 Å². The van der Waals surface area contributed by atoms with E-state index in [0.29, 0.717) is 13.2 Å². The lowest BCUT2D eigenvalue weighted by Gasteiger charge is -2.10. The summed E-state index contributed by atoms with van der Waals surface area (Å²) in [4.78, 5) is 0. The Morgan fingerprint density at radius 3 is 2.93 bits per heavy atom. The summed E-state index contributed by atoms with van der Waals surface area (Å²) >= 11 is 1.73. The summed E-state index contributed by atoms with van der Waals surface area (Å²) < 4.78 is 18.5. The summed E-state index contributed by atoms with van der Waals surface area (Å²) in [5.74, 6) is 1.48. The van der Waals surface area contributed by atoms with Gasteiger partial charge in [-0.15, -0.1) is 0 Å². The topological polar surface area (TPSA) is 21.3 Å². The summed E-state index contributed by atoms with van der Waals surface area (Å²) in [5.41, 5.74) is 0.860. The molecule has 0 fully saturated rings. The summed E-state index contributed by atoms with van der Waals surface area (Å²) in [6.45, 7) is 1.27. The molecule has 2 nitrogen and oxygen atoms in total. The van der Waals surface area contributed by atoms with Gasteiger partial charge in [-0.3, -0.25) is 0 Å². The Morgan fingerprint density at radius 2 is 2.27 bits per heavy atom. The Labute approximate surface area is 94.2 Å². The van der Waals surface area contributed by atoms with E-state index in [0.717, 1.165) is 17.1 Å². The lowest BCUT2D eigenvalue weighted by Crippen LogP contribution is -2.09. The first-order chi connectivity index (χ1) is 7.27. The number of hydrogen-bond acceptors (Lipinski definition) is 3. The van der Waals surface area contributed by atoms with Gasteiger partial charge in [0, 0.05) is 17.9 Å². The molecule has 4 heteroatoms. The van der Waals surface area contributed by atoms with E-state index in [2.05, 4.69) is 5.32 Å². The van der Waals surface area contributed by atoms with E-state index in [1.165, 1.54) is 12.1 Å². The van der Waals surface area contributed by atoms with Crippen LogP contribution in [0.5, 0.6) is 5.75 Å². The molecule has 0 atom stereocenters. The largest absolute Gasteiger partial charge is 0.492 e. The third-order valence-electron chi connectivity index (χ3n) is 1.93. The normalized spacial score (nSPS) is 10.3. The van der Waals surface area contributed by atoms with Crippen molar-refractivity contribution in [2.45, 2.75) is 6.54 Å². The van der Waals surface area contributed by atoms with Crippen molar-refractivity contribution in [1.29, 1.82) is 0 Å². The van der Waals surface area contributed by atoms with Crippen LogP contribution < -0.4 is 10.1 Å². The van der Waals surface area contributed by atoms with Crippen LogP contribution in [0.15, 0.2) is 18.2 Å². The number of halogens is 1. The maximum atomic E-state index is 13.0. The zero-order chi connectivity index (χ0) is 11.1. The van der Waals surface area contributed by atoms with Gasteiger partial charge in [0.2, 0.25) is 0 Å². The quantitative estimate of drug-likeness (QED) is 0.756. The number of hydrogen-bond donors (Lipinski definition) is 1. The Morgan fingerprint density at radius 1 is 1.47 bits per heavy atom. The second kappa shape index (κ2) is 6.69. The molecule has 15 heavy (non-hydrogen) atoms. The second-order valence-corrected chi connectivity index (χ2v) is 4.11. The minimum Gasteiger partial charge on any atom is -0.492 e. The van der Waals surface area contributed by atoms with E-state index in [1.807, 2.05) is 13.3 Å². The van der Waals surface area contributed by atoms with E-state index in [-0.39, 0.29) is 5.82 Å². The molecule has 0 aromatic heterocycles. The molecule has 84 valence electrons. The second-order valence-electron chi connectivity index (χ2n) is 3.12. The summed E-state index contributed by atoms with van der Waals surface area (Å²) in [5, 5.41) is 2.99. The highest BCUT2D eigenvalue weighted by Gasteiger charge is 2.04. The number of ether oxygens (including phenoxy) is 1. The predicted octanol–water partition coefficient (Wildman–Crippen LogP) is 2.29. The Hall–Kier alpha value is -0.740. The molecule has 0 aliphatic heterocycles. The van der Waals surface area contributed by atoms with Crippen molar-refractivity contribution in [3.63, 3.8) is 0 Å². The van der Waals surface area contributed by atoms with Gasteiger partial charge in [0.05, 0.1) is 6.61 Å². The third-order valence-corrected chi connectivity index (χ3v) is 2.51. The van der Waals surface area contributed by atoms with Crippen LogP contribution in [-0.4, -0.2) is 25.7 Å². The maximum absolute atomic E-state index is 13.0. The molecule has 0 saturated heterocycles. The first kappa shape index (κ1) is 12.3. The van der Waals surface area contributed by atoms with Crippen LogP contribution in [0.1, 0.15) is 5.56 Å². The average molecular weight is 229 g/mol. The lowest BCUT2D eigenvalue weighted by molar-refractivity contribution is 0.339. The van der Waals surface area contributed by atoms with Gasteiger partial charge in [-0.1, -0.05) is 0 Å². The van der Waals surface area contributed by atoms with Crippen molar-refractivity contribution in [2.75, 3.05) is 25.7 Å². The zero-order valence-electron chi connectivity index (χ0n) is 9.05. The van der Waals surface area contributed by atoms with E-state index >= 15 is 0 Å². The molecule has 0 aliphatic rings. The molecule has 1 rings (SSSR count). The molecule has 1 aromatic rings. The van der Waals surface area contributed by atoms with Crippen LogP contribution in [-0.2, 0) is 6.54 Å². The van der Waals surface area contributed by atoms with Crippen LogP contribution in [0.3, 0.4) is 0 Å². The molecule has 0 amide bonds. The molecule has 0 radical (unpaired) electrons. The molecule has 0 unspecified atom stereocenters. The fourth-order valence-corrected chi connectivity index (χ4v) is 1.50. The van der Waals surface area contributed by atoms with Crippen LogP contribution in [0.2, 0.25) is 0 Å². The minimum atomic E-state index is -0.225. The number of thioether (sulfide) groups is 1. The van der Waals surface area contributed by atoms with Crippen molar-refractivity contribution >= 4 is 11.8 Å². The summed E-state index contributed by atoms with van der Waals surface area (Å²) in [7, 11) is 1.83. The summed E-state index contributed by atoms with van der Waals surface area (Å²) in [6.07, 6.45) is 2.03. The monoisotopic (exact) mass is 229 g/mol. The molecule has 0 saturated carbocycles. The van der Waals surface area contributed by atoms with Gasteiger partial charge in [0.15, 0.2) is 0 Å². The van der Waals surface area contributed by atoms with Crippen LogP contribution in [0.25, 0.3) is 0 Å². The van der Waals surface area contributed by atoms with Gasteiger partial charge >= 0.3 is 0 Å². The Balaban J connectivity index is 2.67. The Kier molecular flexibility index (Phi) is 5.50. The maximum Gasteiger partial charge on any atom is 0.124 e. The van der Waals surface area contributed by atoms with Crippen LogP contribution in [0, 0.1) is 5.82 Å². The molecule has 0 heterocycles. The third kappa shape index (κ3) is 4.10. The lowest BCUT2D eigenvalue weighted by atomic mass is 10.2. The molecule has 0 aliphatic carbocycles. The van der Waals surface area contributed by atoms with Gasteiger partial charge in [0.1, 0.15) is 11.6 Å². The highest BCUT2D eigenvalue weighted by molar-refractivity contribution is 7.98. The van der Waals surface area contributed by atoms with Crippen molar-refractivity contribution < 1.29 is 9.13 Å². The molecule has 0 bridgehead atoms. The zero-order valence-corrected chi connectivity index (χ0v) is 9.86. The number of rotatable bonds is 6. The average Bonchev–Trinajstić information content (AvgIpc) is 2.22. The SMILES string of the molecule is CNCc1cc(F)ccc1OCCSC. The molecule has 0 spiro atoms. The van der Waals surface area contributed by atoms with Crippen LogP contribution in [0.4, 0.5) is 4.39 Å². The van der Waals surface area contributed by atoms with Crippen molar-refractivity contribution in [1.82, 2.24) is 5.32 Å². The fourth-order valence-electron chi connectivity index (χ4n) is 1.25. The van der Waals surface area contributed by atoms with Crippen molar-refractivity contribution in [2.24, 2.45) is 0 Å². The van der Waals surface area contributed by atoms with E-state index in [4.69, 9.17) is 4.74 Å². The minimum absolute atomic E-state index is 0.225. The highest BCUT2D eigenvalue weighted by Crippen LogP contribution is 2.19. The number of nitrogens with one attached hydrogen (secondary N) is 1. The van der Waals surface area contributed by atoms with Gasteiger partial charge in [-0.05, 0) is 31.5 Å². The molecular formula is C11H16FNOS. The van der Waals surface area contributed by atoms with Crippen molar-refractivity contribution in [3.05, 3.63) is 29.6 Å². The van der Waals surface area contributed by atoms with Gasteiger partial charge in [0.25, 0.3) is 0 Å². The van der Waals surface area contributed by atoms with E-state index in [9.17, 15) is 4.39 Å². The standard InChI is InChI=1S/C11H16FNOS/c1-13-8-9-7-10(12)3-4-11(9)14-5-6-15-2/h3-4,7,13H,5-6,8H2,1-2H3. The molecule has 1 aromatic carbocycles.